The van der Waals surface area contributed by atoms with Gasteiger partial charge < -0.3 is 9.47 Å². The molecule has 2 heteroatoms. The molecule has 5 atom stereocenters. The van der Waals surface area contributed by atoms with Gasteiger partial charge in [0.1, 0.15) is 0 Å². The highest BCUT2D eigenvalue weighted by atomic mass is 16.5. The summed E-state index contributed by atoms with van der Waals surface area (Å²) in [5.41, 5.74) is 1.47. The summed E-state index contributed by atoms with van der Waals surface area (Å²) < 4.78 is 12.4. The Morgan fingerprint density at radius 2 is 1.13 bits per heavy atom. The number of rotatable bonds is 23. The van der Waals surface area contributed by atoms with Gasteiger partial charge >= 0.3 is 0 Å². The standard InChI is InChI=1S/C36H66O2/c1-9-16-30(2)17-13-18-31(3)19-14-20-32(4)21-15-22-33(5)25-26-37-29-35(27-36(6,7)8)38-28-34-23-11-10-12-24-34/h10-12,23-24,30-33,35H,9,13-22,25-29H2,1-8H3. The van der Waals surface area contributed by atoms with Crippen LogP contribution in [0.15, 0.2) is 30.3 Å². The lowest BCUT2D eigenvalue weighted by molar-refractivity contribution is -0.0442. The van der Waals surface area contributed by atoms with Gasteiger partial charge in [-0.25, -0.2) is 0 Å². The van der Waals surface area contributed by atoms with Gasteiger partial charge in [0, 0.05) is 6.61 Å². The van der Waals surface area contributed by atoms with Crippen molar-refractivity contribution in [3.8, 4) is 0 Å². The molecule has 0 aromatic heterocycles. The highest BCUT2D eigenvalue weighted by Crippen LogP contribution is 2.25. The van der Waals surface area contributed by atoms with Crippen molar-refractivity contribution in [3.05, 3.63) is 35.9 Å². The molecule has 38 heavy (non-hydrogen) atoms. The summed E-state index contributed by atoms with van der Waals surface area (Å²) in [6, 6.07) is 10.5. The summed E-state index contributed by atoms with van der Waals surface area (Å²) in [4.78, 5) is 0. The molecule has 0 saturated carbocycles. The molecule has 0 bridgehead atoms. The molecule has 1 aromatic rings. The fourth-order valence-corrected chi connectivity index (χ4v) is 5.65. The number of benzene rings is 1. The molecule has 0 aliphatic heterocycles. The first kappa shape index (κ1) is 35.2. The maximum atomic E-state index is 6.26. The number of ether oxygens (including phenoxy) is 2. The van der Waals surface area contributed by atoms with Crippen LogP contribution in [0.1, 0.15) is 144 Å². The Hall–Kier alpha value is -0.860. The van der Waals surface area contributed by atoms with E-state index in [1.807, 2.05) is 0 Å². The van der Waals surface area contributed by atoms with Crippen molar-refractivity contribution in [1.82, 2.24) is 0 Å². The molecule has 0 amide bonds. The predicted octanol–water partition coefficient (Wildman–Crippen LogP) is 11.3. The first-order chi connectivity index (χ1) is 18.1. The van der Waals surface area contributed by atoms with E-state index in [9.17, 15) is 0 Å². The third kappa shape index (κ3) is 20.1. The van der Waals surface area contributed by atoms with Crippen molar-refractivity contribution in [3.63, 3.8) is 0 Å². The molecule has 0 saturated heterocycles. The van der Waals surface area contributed by atoms with Gasteiger partial charge in [0.25, 0.3) is 0 Å². The first-order valence-corrected chi connectivity index (χ1v) is 16.3. The van der Waals surface area contributed by atoms with Gasteiger partial charge in [-0.05, 0) is 47.5 Å². The van der Waals surface area contributed by atoms with E-state index in [1.165, 1.54) is 76.2 Å². The minimum Gasteiger partial charge on any atom is -0.379 e. The summed E-state index contributed by atoms with van der Waals surface area (Å²) in [7, 11) is 0. The third-order valence-electron chi connectivity index (χ3n) is 8.19. The molecule has 0 aliphatic carbocycles. The first-order valence-electron chi connectivity index (χ1n) is 16.3. The summed E-state index contributed by atoms with van der Waals surface area (Å²) in [6.45, 7) is 21.1. The molecule has 2 nitrogen and oxygen atoms in total. The Morgan fingerprint density at radius 1 is 0.658 bits per heavy atom. The summed E-state index contributed by atoms with van der Waals surface area (Å²) in [6.07, 6.45) is 17.7. The van der Waals surface area contributed by atoms with E-state index in [2.05, 4.69) is 85.7 Å². The normalized spacial score (nSPS) is 16.2. The largest absolute Gasteiger partial charge is 0.379 e. The molecular weight excluding hydrogens is 464 g/mol. The van der Waals surface area contributed by atoms with E-state index in [0.29, 0.717) is 13.2 Å². The quantitative estimate of drug-likeness (QED) is 0.131. The molecule has 5 unspecified atom stereocenters. The molecular formula is C36H66O2. The van der Waals surface area contributed by atoms with E-state index in [4.69, 9.17) is 9.47 Å². The van der Waals surface area contributed by atoms with Gasteiger partial charge in [-0.3, -0.25) is 0 Å². The summed E-state index contributed by atoms with van der Waals surface area (Å²) >= 11 is 0. The summed E-state index contributed by atoms with van der Waals surface area (Å²) in [5, 5.41) is 0. The predicted molar refractivity (Wildman–Crippen MR) is 168 cm³/mol. The highest BCUT2D eigenvalue weighted by molar-refractivity contribution is 5.13. The van der Waals surface area contributed by atoms with Gasteiger partial charge in [-0.15, -0.1) is 0 Å². The van der Waals surface area contributed by atoms with E-state index < -0.39 is 0 Å². The summed E-state index contributed by atoms with van der Waals surface area (Å²) in [5.74, 6) is 3.44. The molecule has 0 aliphatic rings. The minimum atomic E-state index is 0.152. The lowest BCUT2D eigenvalue weighted by Crippen LogP contribution is -2.26. The van der Waals surface area contributed by atoms with Crippen LogP contribution in [0, 0.1) is 29.1 Å². The minimum absolute atomic E-state index is 0.152. The van der Waals surface area contributed by atoms with Gasteiger partial charge in [0.05, 0.1) is 19.3 Å². The molecule has 0 spiro atoms. The zero-order valence-corrected chi connectivity index (χ0v) is 26.9. The zero-order chi connectivity index (χ0) is 28.2. The van der Waals surface area contributed by atoms with Crippen LogP contribution in [-0.4, -0.2) is 19.3 Å². The second-order valence-electron chi connectivity index (χ2n) is 14.0. The molecule has 0 N–H and O–H groups in total. The van der Waals surface area contributed by atoms with Crippen LogP contribution in [0.2, 0.25) is 0 Å². The van der Waals surface area contributed by atoms with Crippen LogP contribution in [0.3, 0.4) is 0 Å². The number of hydrogen-bond donors (Lipinski definition) is 0. The maximum Gasteiger partial charge on any atom is 0.0818 e. The lowest BCUT2D eigenvalue weighted by atomic mass is 9.89. The Bertz CT molecular complexity index is 649. The zero-order valence-electron chi connectivity index (χ0n) is 26.9. The van der Waals surface area contributed by atoms with Crippen LogP contribution >= 0.6 is 0 Å². The molecule has 222 valence electrons. The average Bonchev–Trinajstić information content (AvgIpc) is 2.85. The van der Waals surface area contributed by atoms with Gasteiger partial charge in [0.2, 0.25) is 0 Å². The van der Waals surface area contributed by atoms with Crippen LogP contribution in [0.5, 0.6) is 0 Å². The Kier molecular flexibility index (Phi) is 19.4. The SMILES string of the molecule is CCCC(C)CCCC(C)CCCC(C)CCCC(C)CCOCC(CC(C)(C)C)OCc1ccccc1. The van der Waals surface area contributed by atoms with E-state index in [1.54, 1.807) is 0 Å². The molecule has 1 aromatic carbocycles. The molecule has 1 rings (SSSR count). The molecule has 0 fully saturated rings. The van der Waals surface area contributed by atoms with Crippen molar-refractivity contribution in [2.45, 2.75) is 152 Å². The lowest BCUT2D eigenvalue weighted by Gasteiger charge is -2.26. The topological polar surface area (TPSA) is 18.5 Å². The van der Waals surface area contributed by atoms with E-state index in [-0.39, 0.29) is 11.5 Å². The number of hydrogen-bond acceptors (Lipinski definition) is 2. The van der Waals surface area contributed by atoms with Crippen molar-refractivity contribution in [1.29, 1.82) is 0 Å². The van der Waals surface area contributed by atoms with Crippen LogP contribution in [0.4, 0.5) is 0 Å². The van der Waals surface area contributed by atoms with Crippen molar-refractivity contribution >= 4 is 0 Å². The van der Waals surface area contributed by atoms with Gasteiger partial charge in [-0.1, -0.05) is 156 Å². The fourth-order valence-electron chi connectivity index (χ4n) is 5.65. The Morgan fingerprint density at radius 3 is 1.61 bits per heavy atom. The van der Waals surface area contributed by atoms with E-state index in [0.717, 1.165) is 43.1 Å². The van der Waals surface area contributed by atoms with Gasteiger partial charge in [-0.2, -0.15) is 0 Å². The van der Waals surface area contributed by atoms with Crippen LogP contribution in [0.25, 0.3) is 0 Å². The third-order valence-corrected chi connectivity index (χ3v) is 8.19. The van der Waals surface area contributed by atoms with Crippen LogP contribution < -0.4 is 0 Å². The highest BCUT2D eigenvalue weighted by Gasteiger charge is 2.20. The second-order valence-corrected chi connectivity index (χ2v) is 14.0. The van der Waals surface area contributed by atoms with E-state index >= 15 is 0 Å². The second kappa shape index (κ2) is 21.0. The average molecular weight is 531 g/mol. The van der Waals surface area contributed by atoms with Crippen molar-refractivity contribution < 1.29 is 9.47 Å². The Balaban J connectivity index is 2.12. The molecule has 0 heterocycles. The monoisotopic (exact) mass is 531 g/mol. The maximum absolute atomic E-state index is 6.26. The van der Waals surface area contributed by atoms with Crippen molar-refractivity contribution in [2.75, 3.05) is 13.2 Å². The van der Waals surface area contributed by atoms with Gasteiger partial charge in [0.15, 0.2) is 0 Å². The molecule has 0 radical (unpaired) electrons. The fraction of sp³-hybridized carbons (Fsp3) is 0.833. The van der Waals surface area contributed by atoms with Crippen molar-refractivity contribution in [2.24, 2.45) is 29.1 Å². The smallest absolute Gasteiger partial charge is 0.0818 e. The van der Waals surface area contributed by atoms with Crippen LogP contribution in [-0.2, 0) is 16.1 Å². The Labute approximate surface area is 239 Å².